The van der Waals surface area contributed by atoms with Crippen LogP contribution < -0.4 is 0 Å². The summed E-state index contributed by atoms with van der Waals surface area (Å²) in [5, 5.41) is 9.12. The quantitative estimate of drug-likeness (QED) is 0.869. The second kappa shape index (κ2) is 5.59. The van der Waals surface area contributed by atoms with Gasteiger partial charge in [0.15, 0.2) is 0 Å². The average molecular weight is 299 g/mol. The third-order valence-electron chi connectivity index (χ3n) is 5.05. The van der Waals surface area contributed by atoms with Crippen molar-refractivity contribution in [3.05, 3.63) is 47.5 Å². The number of aromatic carboxylic acids is 1. The largest absolute Gasteiger partial charge is 0.478 e. The highest BCUT2D eigenvalue weighted by atomic mass is 16.4. The van der Waals surface area contributed by atoms with Gasteiger partial charge in [-0.15, -0.1) is 6.58 Å². The van der Waals surface area contributed by atoms with Crippen LogP contribution >= 0.6 is 0 Å². The fraction of sp³-hybridized carbons (Fsp3) is 0.444. The van der Waals surface area contributed by atoms with Crippen LogP contribution in [0.2, 0.25) is 0 Å². The van der Waals surface area contributed by atoms with E-state index in [0.717, 1.165) is 49.8 Å². The SMILES string of the molecule is C=CCC1(C(=O)N2CCc3ccc(C(=O)O)cc3C2)CCC1. The molecule has 1 heterocycles. The van der Waals surface area contributed by atoms with Crippen molar-refractivity contribution in [1.29, 1.82) is 0 Å². The van der Waals surface area contributed by atoms with E-state index in [1.807, 2.05) is 17.0 Å². The minimum atomic E-state index is -0.923. The molecule has 1 N–H and O–H groups in total. The average Bonchev–Trinajstić information content (AvgIpc) is 2.49. The molecule has 4 nitrogen and oxygen atoms in total. The highest BCUT2D eigenvalue weighted by Crippen LogP contribution is 2.46. The van der Waals surface area contributed by atoms with E-state index in [9.17, 15) is 9.59 Å². The van der Waals surface area contributed by atoms with Gasteiger partial charge in [-0.25, -0.2) is 4.79 Å². The molecule has 1 amide bonds. The van der Waals surface area contributed by atoms with Crippen LogP contribution in [0.25, 0.3) is 0 Å². The van der Waals surface area contributed by atoms with E-state index in [1.165, 1.54) is 0 Å². The van der Waals surface area contributed by atoms with Gasteiger partial charge in [-0.1, -0.05) is 18.6 Å². The minimum absolute atomic E-state index is 0.213. The van der Waals surface area contributed by atoms with E-state index >= 15 is 0 Å². The maximum atomic E-state index is 12.9. The zero-order valence-corrected chi connectivity index (χ0v) is 12.7. The van der Waals surface area contributed by atoms with Gasteiger partial charge in [0, 0.05) is 13.1 Å². The molecule has 1 aliphatic heterocycles. The Morgan fingerprint density at radius 3 is 2.68 bits per heavy atom. The van der Waals surface area contributed by atoms with Crippen LogP contribution in [0.1, 0.15) is 47.2 Å². The standard InChI is InChI=1S/C18H21NO3/c1-2-7-18(8-3-9-18)17(22)19-10-6-13-4-5-14(16(20)21)11-15(13)12-19/h2,4-5,11H,1,3,6-10,12H2,(H,20,21). The van der Waals surface area contributed by atoms with Crippen LogP contribution in [-0.4, -0.2) is 28.4 Å². The molecule has 1 aliphatic carbocycles. The molecule has 3 rings (SSSR count). The third kappa shape index (κ3) is 2.43. The minimum Gasteiger partial charge on any atom is -0.478 e. The fourth-order valence-electron chi connectivity index (χ4n) is 3.58. The molecular weight excluding hydrogens is 278 g/mol. The summed E-state index contributed by atoms with van der Waals surface area (Å²) in [5.74, 6) is -0.710. The number of allylic oxidation sites excluding steroid dienone is 1. The summed E-state index contributed by atoms with van der Waals surface area (Å²) >= 11 is 0. The van der Waals surface area contributed by atoms with Crippen molar-refractivity contribution in [2.45, 2.75) is 38.6 Å². The number of amides is 1. The lowest BCUT2D eigenvalue weighted by Crippen LogP contribution is -2.49. The molecule has 0 bridgehead atoms. The van der Waals surface area contributed by atoms with Crippen LogP contribution in [0.4, 0.5) is 0 Å². The zero-order chi connectivity index (χ0) is 15.7. The number of carbonyl (C=O) groups is 2. The molecule has 4 heteroatoms. The molecule has 0 aromatic heterocycles. The predicted octanol–water partition coefficient (Wildman–Crippen LogP) is 3.02. The Morgan fingerprint density at radius 2 is 2.09 bits per heavy atom. The Morgan fingerprint density at radius 1 is 1.32 bits per heavy atom. The molecule has 1 fully saturated rings. The number of carbonyl (C=O) groups excluding carboxylic acids is 1. The number of hydrogen-bond donors (Lipinski definition) is 1. The van der Waals surface area contributed by atoms with E-state index in [-0.39, 0.29) is 16.9 Å². The van der Waals surface area contributed by atoms with Crippen molar-refractivity contribution < 1.29 is 14.7 Å². The van der Waals surface area contributed by atoms with Gasteiger partial charge >= 0.3 is 5.97 Å². The summed E-state index contributed by atoms with van der Waals surface area (Å²) in [6, 6.07) is 5.23. The van der Waals surface area contributed by atoms with Crippen molar-refractivity contribution in [3.8, 4) is 0 Å². The van der Waals surface area contributed by atoms with Crippen LogP contribution in [0.15, 0.2) is 30.9 Å². The molecule has 0 saturated heterocycles. The second-order valence-corrected chi connectivity index (χ2v) is 6.39. The van der Waals surface area contributed by atoms with Gasteiger partial charge < -0.3 is 10.0 Å². The van der Waals surface area contributed by atoms with E-state index in [2.05, 4.69) is 6.58 Å². The second-order valence-electron chi connectivity index (χ2n) is 6.39. The molecule has 1 aromatic rings. The van der Waals surface area contributed by atoms with Crippen molar-refractivity contribution in [2.24, 2.45) is 5.41 Å². The van der Waals surface area contributed by atoms with Crippen molar-refractivity contribution in [2.75, 3.05) is 6.54 Å². The first-order chi connectivity index (χ1) is 10.6. The topological polar surface area (TPSA) is 57.6 Å². The molecule has 0 unspecified atom stereocenters. The lowest BCUT2D eigenvalue weighted by Gasteiger charge is -2.44. The van der Waals surface area contributed by atoms with Gasteiger partial charge in [-0.2, -0.15) is 0 Å². The van der Waals surface area contributed by atoms with Gasteiger partial charge in [0.2, 0.25) is 5.91 Å². The summed E-state index contributed by atoms with van der Waals surface area (Å²) in [5.41, 5.74) is 2.16. The Kier molecular flexibility index (Phi) is 3.77. The van der Waals surface area contributed by atoms with E-state index in [0.29, 0.717) is 6.54 Å². The number of rotatable bonds is 4. The number of carboxylic acid groups (broad SMARTS) is 1. The Balaban J connectivity index is 1.81. The van der Waals surface area contributed by atoms with E-state index in [4.69, 9.17) is 5.11 Å². The van der Waals surface area contributed by atoms with Gasteiger partial charge in [0.1, 0.15) is 0 Å². The third-order valence-corrected chi connectivity index (χ3v) is 5.05. The number of nitrogens with zero attached hydrogens (tertiary/aromatic N) is 1. The van der Waals surface area contributed by atoms with Crippen LogP contribution in [0.5, 0.6) is 0 Å². The highest BCUT2D eigenvalue weighted by molar-refractivity contribution is 5.88. The summed E-state index contributed by atoms with van der Waals surface area (Å²) in [7, 11) is 0. The molecule has 0 spiro atoms. The number of carboxylic acids is 1. The first-order valence-electron chi connectivity index (χ1n) is 7.81. The molecule has 22 heavy (non-hydrogen) atoms. The summed E-state index contributed by atoms with van der Waals surface area (Å²) in [4.78, 5) is 25.9. The molecule has 2 aliphatic rings. The molecule has 0 atom stereocenters. The van der Waals surface area contributed by atoms with Crippen molar-refractivity contribution in [3.63, 3.8) is 0 Å². The maximum absolute atomic E-state index is 12.9. The van der Waals surface area contributed by atoms with E-state index in [1.54, 1.807) is 12.1 Å². The molecular formula is C18H21NO3. The maximum Gasteiger partial charge on any atom is 0.335 e. The highest BCUT2D eigenvalue weighted by Gasteiger charge is 2.45. The lowest BCUT2D eigenvalue weighted by atomic mass is 9.65. The number of fused-ring (bicyclic) bond motifs is 1. The number of benzene rings is 1. The first kappa shape index (κ1) is 14.8. The normalized spacial score (nSPS) is 19.0. The van der Waals surface area contributed by atoms with Gasteiger partial charge in [-0.3, -0.25) is 4.79 Å². The van der Waals surface area contributed by atoms with Gasteiger partial charge in [0.25, 0.3) is 0 Å². The zero-order valence-electron chi connectivity index (χ0n) is 12.7. The lowest BCUT2D eigenvalue weighted by molar-refractivity contribution is -0.148. The van der Waals surface area contributed by atoms with Gasteiger partial charge in [0.05, 0.1) is 11.0 Å². The summed E-state index contributed by atoms with van der Waals surface area (Å²) in [6.45, 7) is 5.03. The molecule has 1 saturated carbocycles. The van der Waals surface area contributed by atoms with Crippen LogP contribution in [-0.2, 0) is 17.8 Å². The van der Waals surface area contributed by atoms with E-state index < -0.39 is 5.97 Å². The van der Waals surface area contributed by atoms with Crippen LogP contribution in [0.3, 0.4) is 0 Å². The van der Waals surface area contributed by atoms with Gasteiger partial charge in [-0.05, 0) is 48.9 Å². The van der Waals surface area contributed by atoms with Crippen LogP contribution in [0, 0.1) is 5.41 Å². The monoisotopic (exact) mass is 299 g/mol. The van der Waals surface area contributed by atoms with Crippen molar-refractivity contribution in [1.82, 2.24) is 4.90 Å². The Labute approximate surface area is 130 Å². The molecule has 116 valence electrons. The molecule has 0 radical (unpaired) electrons. The first-order valence-corrected chi connectivity index (χ1v) is 7.81. The summed E-state index contributed by atoms with van der Waals surface area (Å²) < 4.78 is 0. The molecule has 1 aromatic carbocycles. The smallest absolute Gasteiger partial charge is 0.335 e. The van der Waals surface area contributed by atoms with Crippen molar-refractivity contribution >= 4 is 11.9 Å². The number of hydrogen-bond acceptors (Lipinski definition) is 2. The Hall–Kier alpha value is -2.10. The Bertz CT molecular complexity index is 631. The predicted molar refractivity (Wildman–Crippen MR) is 83.6 cm³/mol. The fourth-order valence-corrected chi connectivity index (χ4v) is 3.58. The summed E-state index contributed by atoms with van der Waals surface area (Å²) in [6.07, 6.45) is 6.37.